The monoisotopic (exact) mass is 311 g/mol. The Morgan fingerprint density at radius 3 is 3.06 bits per heavy atom. The molecule has 1 aromatic carbocycles. The molecule has 1 N–H and O–H groups in total. The minimum absolute atomic E-state index is 0.247. The third-order valence-electron chi connectivity index (χ3n) is 2.65. The first kappa shape index (κ1) is 13.1. The Morgan fingerprint density at radius 1 is 1.44 bits per heavy atom. The van der Waals surface area contributed by atoms with Crippen LogP contribution in [-0.2, 0) is 13.1 Å². The van der Waals surface area contributed by atoms with Crippen molar-refractivity contribution in [2.24, 2.45) is 0 Å². The van der Waals surface area contributed by atoms with Gasteiger partial charge in [-0.25, -0.2) is 9.37 Å². The molecule has 5 heteroatoms. The van der Waals surface area contributed by atoms with Gasteiger partial charge in [-0.05, 0) is 40.5 Å². The van der Waals surface area contributed by atoms with E-state index in [1.807, 2.05) is 12.5 Å². The smallest absolute Gasteiger partial charge is 0.125 e. The van der Waals surface area contributed by atoms with E-state index in [1.54, 1.807) is 6.07 Å². The van der Waals surface area contributed by atoms with Gasteiger partial charge in [0.2, 0.25) is 0 Å². The Hall–Kier alpha value is -1.36. The highest BCUT2D eigenvalue weighted by Crippen LogP contribution is 2.23. The predicted octanol–water partition coefficient (Wildman–Crippen LogP) is 3.81. The molecule has 0 radical (unpaired) electrons. The molecule has 1 heterocycles. The molecular formula is C13H15BrFN3. The number of hydrogen-bond donors (Lipinski definition) is 1. The van der Waals surface area contributed by atoms with Crippen LogP contribution in [0.4, 0.5) is 10.1 Å². The fraction of sp³-hybridized carbons (Fsp3) is 0.308. The molecule has 2 rings (SSSR count). The van der Waals surface area contributed by atoms with E-state index in [-0.39, 0.29) is 5.82 Å². The van der Waals surface area contributed by atoms with Crippen LogP contribution in [0.1, 0.15) is 19.0 Å². The van der Waals surface area contributed by atoms with Gasteiger partial charge in [0.15, 0.2) is 0 Å². The van der Waals surface area contributed by atoms with E-state index in [2.05, 4.69) is 37.7 Å². The van der Waals surface area contributed by atoms with E-state index in [1.165, 1.54) is 12.1 Å². The molecule has 0 amide bonds. The Labute approximate surface area is 114 Å². The molecule has 3 nitrogen and oxygen atoms in total. The summed E-state index contributed by atoms with van der Waals surface area (Å²) in [6, 6.07) is 4.60. The van der Waals surface area contributed by atoms with Crippen molar-refractivity contribution in [1.82, 2.24) is 9.55 Å². The van der Waals surface area contributed by atoms with Crippen LogP contribution in [0.25, 0.3) is 0 Å². The van der Waals surface area contributed by atoms with Crippen molar-refractivity contribution in [2.45, 2.75) is 26.4 Å². The number of rotatable bonds is 5. The topological polar surface area (TPSA) is 29.9 Å². The number of aryl methyl sites for hydroxylation is 1. The summed E-state index contributed by atoms with van der Waals surface area (Å²) in [5.41, 5.74) is 1.84. The lowest BCUT2D eigenvalue weighted by Gasteiger charge is -2.10. The van der Waals surface area contributed by atoms with Gasteiger partial charge in [0.05, 0.1) is 24.3 Å². The van der Waals surface area contributed by atoms with Crippen LogP contribution in [0, 0.1) is 5.82 Å². The highest BCUT2D eigenvalue weighted by atomic mass is 79.9. The van der Waals surface area contributed by atoms with Crippen LogP contribution in [0.15, 0.2) is 35.2 Å². The number of benzene rings is 1. The van der Waals surface area contributed by atoms with Crippen LogP contribution in [0.5, 0.6) is 0 Å². The number of anilines is 1. The molecule has 0 aliphatic heterocycles. The molecule has 0 aliphatic carbocycles. The van der Waals surface area contributed by atoms with Crippen LogP contribution in [-0.4, -0.2) is 9.55 Å². The zero-order chi connectivity index (χ0) is 13.0. The maximum Gasteiger partial charge on any atom is 0.125 e. The van der Waals surface area contributed by atoms with Gasteiger partial charge in [-0.1, -0.05) is 6.92 Å². The Kier molecular flexibility index (Phi) is 4.36. The third-order valence-corrected chi connectivity index (χ3v) is 3.34. The molecular weight excluding hydrogens is 297 g/mol. The maximum absolute atomic E-state index is 13.1. The number of halogens is 2. The fourth-order valence-electron chi connectivity index (χ4n) is 1.76. The molecule has 0 saturated carbocycles. The molecule has 0 fully saturated rings. The SMILES string of the molecule is CCCn1cncc1CNc1cc(F)ccc1Br. The minimum Gasteiger partial charge on any atom is -0.378 e. The van der Waals surface area contributed by atoms with E-state index < -0.39 is 0 Å². The molecule has 18 heavy (non-hydrogen) atoms. The van der Waals surface area contributed by atoms with Gasteiger partial charge in [0.1, 0.15) is 5.82 Å². The number of nitrogens with zero attached hydrogens (tertiary/aromatic N) is 2. The molecule has 2 aromatic rings. The molecule has 0 aliphatic rings. The second-order valence-electron chi connectivity index (χ2n) is 4.06. The number of nitrogens with one attached hydrogen (secondary N) is 1. The quantitative estimate of drug-likeness (QED) is 0.910. The van der Waals surface area contributed by atoms with E-state index >= 15 is 0 Å². The summed E-state index contributed by atoms with van der Waals surface area (Å²) in [5, 5.41) is 3.21. The summed E-state index contributed by atoms with van der Waals surface area (Å²) in [5.74, 6) is -0.247. The lowest BCUT2D eigenvalue weighted by molar-refractivity contribution is 0.627. The van der Waals surface area contributed by atoms with Crippen molar-refractivity contribution in [3.63, 3.8) is 0 Å². The van der Waals surface area contributed by atoms with Crippen molar-refractivity contribution >= 4 is 21.6 Å². The van der Waals surface area contributed by atoms with Crippen molar-refractivity contribution in [1.29, 1.82) is 0 Å². The summed E-state index contributed by atoms with van der Waals surface area (Å²) in [6.07, 6.45) is 4.71. The van der Waals surface area contributed by atoms with Crippen molar-refractivity contribution in [2.75, 3.05) is 5.32 Å². The summed E-state index contributed by atoms with van der Waals surface area (Å²) in [6.45, 7) is 3.70. The largest absolute Gasteiger partial charge is 0.378 e. The molecule has 0 spiro atoms. The zero-order valence-corrected chi connectivity index (χ0v) is 11.7. The number of aromatic nitrogens is 2. The molecule has 0 unspecified atom stereocenters. The standard InChI is InChI=1S/C13H15BrFN3/c1-2-5-18-9-16-7-11(18)8-17-13-6-10(15)3-4-12(13)14/h3-4,6-7,9,17H,2,5,8H2,1H3. The van der Waals surface area contributed by atoms with Crippen molar-refractivity contribution in [3.05, 3.63) is 46.7 Å². The lowest BCUT2D eigenvalue weighted by atomic mass is 10.3. The van der Waals surface area contributed by atoms with E-state index in [4.69, 9.17) is 0 Å². The van der Waals surface area contributed by atoms with E-state index in [9.17, 15) is 4.39 Å². The Morgan fingerprint density at radius 2 is 2.28 bits per heavy atom. The number of hydrogen-bond acceptors (Lipinski definition) is 2. The fourth-order valence-corrected chi connectivity index (χ4v) is 2.14. The highest BCUT2D eigenvalue weighted by molar-refractivity contribution is 9.10. The molecule has 0 atom stereocenters. The van der Waals surface area contributed by atoms with Gasteiger partial charge >= 0.3 is 0 Å². The van der Waals surface area contributed by atoms with Gasteiger partial charge in [0, 0.05) is 17.2 Å². The predicted molar refractivity (Wildman–Crippen MR) is 73.9 cm³/mol. The normalized spacial score (nSPS) is 10.6. The maximum atomic E-state index is 13.1. The van der Waals surface area contributed by atoms with Gasteiger partial charge in [0.25, 0.3) is 0 Å². The van der Waals surface area contributed by atoms with Gasteiger partial charge in [-0.3, -0.25) is 0 Å². The second kappa shape index (κ2) is 6.00. The summed E-state index contributed by atoms with van der Waals surface area (Å²) in [7, 11) is 0. The Balaban J connectivity index is 2.06. The van der Waals surface area contributed by atoms with Crippen LogP contribution >= 0.6 is 15.9 Å². The van der Waals surface area contributed by atoms with E-state index in [0.717, 1.165) is 28.8 Å². The first-order valence-corrected chi connectivity index (χ1v) is 6.68. The average Bonchev–Trinajstić information content (AvgIpc) is 2.78. The van der Waals surface area contributed by atoms with Crippen LogP contribution in [0.3, 0.4) is 0 Å². The molecule has 0 bridgehead atoms. The Bertz CT molecular complexity index is 525. The van der Waals surface area contributed by atoms with Crippen LogP contribution in [0.2, 0.25) is 0 Å². The minimum atomic E-state index is -0.247. The summed E-state index contributed by atoms with van der Waals surface area (Å²) < 4.78 is 16.1. The molecule has 0 saturated heterocycles. The van der Waals surface area contributed by atoms with Gasteiger partial charge in [-0.2, -0.15) is 0 Å². The highest BCUT2D eigenvalue weighted by Gasteiger charge is 2.04. The number of imidazole rings is 1. The van der Waals surface area contributed by atoms with E-state index in [0.29, 0.717) is 6.54 Å². The molecule has 1 aromatic heterocycles. The lowest BCUT2D eigenvalue weighted by Crippen LogP contribution is -2.07. The average molecular weight is 312 g/mol. The molecule has 96 valence electrons. The summed E-state index contributed by atoms with van der Waals surface area (Å²) >= 11 is 3.39. The third kappa shape index (κ3) is 3.10. The second-order valence-corrected chi connectivity index (χ2v) is 4.91. The van der Waals surface area contributed by atoms with Crippen molar-refractivity contribution < 1.29 is 4.39 Å². The van der Waals surface area contributed by atoms with Crippen molar-refractivity contribution in [3.8, 4) is 0 Å². The first-order chi connectivity index (χ1) is 8.70. The van der Waals surface area contributed by atoms with Gasteiger partial charge in [-0.15, -0.1) is 0 Å². The first-order valence-electron chi connectivity index (χ1n) is 5.88. The van der Waals surface area contributed by atoms with Gasteiger partial charge < -0.3 is 9.88 Å². The zero-order valence-electron chi connectivity index (χ0n) is 10.2. The summed E-state index contributed by atoms with van der Waals surface area (Å²) in [4.78, 5) is 4.13. The van der Waals surface area contributed by atoms with Crippen LogP contribution < -0.4 is 5.32 Å².